The summed E-state index contributed by atoms with van der Waals surface area (Å²) in [6.07, 6.45) is 0. The smallest absolute Gasteiger partial charge is 0.262 e. The van der Waals surface area contributed by atoms with E-state index in [1.807, 2.05) is 31.2 Å². The normalized spacial score (nSPS) is 11.0. The van der Waals surface area contributed by atoms with Crippen molar-refractivity contribution in [2.75, 3.05) is 0 Å². The van der Waals surface area contributed by atoms with Gasteiger partial charge in [0, 0.05) is 10.6 Å². The third kappa shape index (κ3) is 4.33. The van der Waals surface area contributed by atoms with Crippen molar-refractivity contribution in [2.24, 2.45) is 0 Å². The van der Waals surface area contributed by atoms with Gasteiger partial charge in [0.25, 0.3) is 5.56 Å². The molecule has 0 atom stereocenters. The summed E-state index contributed by atoms with van der Waals surface area (Å²) in [7, 11) is 0. The molecule has 146 valence electrons. The molecule has 0 aliphatic carbocycles. The van der Waals surface area contributed by atoms with Crippen LogP contribution in [-0.4, -0.2) is 24.9 Å². The Bertz CT molecular complexity index is 1200. The highest BCUT2D eigenvalue weighted by Gasteiger charge is 2.14. The minimum absolute atomic E-state index is 0.280. The van der Waals surface area contributed by atoms with Crippen molar-refractivity contribution < 1.29 is 9.52 Å². The van der Waals surface area contributed by atoms with Gasteiger partial charge in [-0.1, -0.05) is 41.1 Å². The molecule has 9 heteroatoms. The van der Waals surface area contributed by atoms with E-state index in [2.05, 4.69) is 15.2 Å². The maximum Gasteiger partial charge on any atom is 0.262 e. The van der Waals surface area contributed by atoms with Gasteiger partial charge in [-0.3, -0.25) is 9.36 Å². The standard InChI is InChI=1S/C20H15ClN4O3S/c1-12-2-4-13(5-3-12)19-24-23-17(28-19)11-29-20-22-16(26)10-18(27)25(20)15-8-6-14(21)7-9-15/h2-10,26H,11H2,1H3. The Morgan fingerprint density at radius 2 is 1.83 bits per heavy atom. The van der Waals surface area contributed by atoms with Crippen molar-refractivity contribution in [3.05, 3.63) is 81.4 Å². The number of halogens is 1. The van der Waals surface area contributed by atoms with Crippen molar-refractivity contribution in [3.63, 3.8) is 0 Å². The van der Waals surface area contributed by atoms with Gasteiger partial charge >= 0.3 is 0 Å². The predicted octanol–water partition coefficient (Wildman–Crippen LogP) is 4.24. The molecule has 4 aromatic rings. The molecule has 1 N–H and O–H groups in total. The molecule has 0 saturated heterocycles. The van der Waals surface area contributed by atoms with Gasteiger partial charge in [-0.2, -0.15) is 4.98 Å². The summed E-state index contributed by atoms with van der Waals surface area (Å²) in [6, 6.07) is 15.6. The minimum Gasteiger partial charge on any atom is -0.493 e. The Morgan fingerprint density at radius 1 is 1.10 bits per heavy atom. The van der Waals surface area contributed by atoms with Crippen LogP contribution >= 0.6 is 23.4 Å². The molecule has 0 unspecified atom stereocenters. The van der Waals surface area contributed by atoms with E-state index in [0.29, 0.717) is 27.6 Å². The zero-order valence-electron chi connectivity index (χ0n) is 15.2. The number of aryl methyl sites for hydroxylation is 1. The van der Waals surface area contributed by atoms with E-state index in [1.54, 1.807) is 24.3 Å². The molecule has 29 heavy (non-hydrogen) atoms. The SMILES string of the molecule is Cc1ccc(-c2nnc(CSc3nc(O)cc(=O)n3-c3ccc(Cl)cc3)o2)cc1. The van der Waals surface area contributed by atoms with Crippen LogP contribution in [0.2, 0.25) is 5.02 Å². The first kappa shape index (κ1) is 19.2. The van der Waals surface area contributed by atoms with Crippen LogP contribution in [0.15, 0.2) is 69.0 Å². The second-order valence-corrected chi connectivity index (χ2v) is 7.58. The summed E-state index contributed by atoms with van der Waals surface area (Å²) in [6.45, 7) is 2.00. The van der Waals surface area contributed by atoms with E-state index in [4.69, 9.17) is 16.0 Å². The molecule has 2 aromatic carbocycles. The Morgan fingerprint density at radius 3 is 2.55 bits per heavy atom. The van der Waals surface area contributed by atoms with Crippen molar-refractivity contribution in [2.45, 2.75) is 17.8 Å². The van der Waals surface area contributed by atoms with Gasteiger partial charge in [0.15, 0.2) is 5.16 Å². The fourth-order valence-corrected chi connectivity index (χ4v) is 3.60. The van der Waals surface area contributed by atoms with Gasteiger partial charge < -0.3 is 9.52 Å². The molecule has 2 heterocycles. The molecule has 7 nitrogen and oxygen atoms in total. The molecule has 2 aromatic heterocycles. The van der Waals surface area contributed by atoms with E-state index >= 15 is 0 Å². The molecule has 0 aliphatic rings. The summed E-state index contributed by atoms with van der Waals surface area (Å²) in [5.41, 5.74) is 2.14. The minimum atomic E-state index is -0.409. The van der Waals surface area contributed by atoms with E-state index in [9.17, 15) is 9.90 Å². The molecule has 0 aliphatic heterocycles. The van der Waals surface area contributed by atoms with Crippen LogP contribution in [-0.2, 0) is 5.75 Å². The lowest BCUT2D eigenvalue weighted by Gasteiger charge is -2.11. The molecule has 0 radical (unpaired) electrons. The van der Waals surface area contributed by atoms with E-state index < -0.39 is 5.56 Å². The van der Waals surface area contributed by atoms with Gasteiger partial charge in [-0.25, -0.2) is 0 Å². The number of aromatic hydroxyl groups is 1. The zero-order valence-corrected chi connectivity index (χ0v) is 16.8. The molecule has 0 spiro atoms. The lowest BCUT2D eigenvalue weighted by atomic mass is 10.1. The lowest BCUT2D eigenvalue weighted by Crippen LogP contribution is -2.20. The fourth-order valence-electron chi connectivity index (χ4n) is 2.63. The highest BCUT2D eigenvalue weighted by molar-refractivity contribution is 7.98. The Kier molecular flexibility index (Phi) is 5.37. The van der Waals surface area contributed by atoms with Gasteiger partial charge in [-0.05, 0) is 43.3 Å². The predicted molar refractivity (Wildman–Crippen MR) is 111 cm³/mol. The second-order valence-electron chi connectivity index (χ2n) is 6.20. The van der Waals surface area contributed by atoms with Gasteiger partial charge in [0.2, 0.25) is 17.7 Å². The van der Waals surface area contributed by atoms with Crippen LogP contribution < -0.4 is 5.56 Å². The number of benzene rings is 2. The summed E-state index contributed by atoms with van der Waals surface area (Å²) >= 11 is 7.13. The largest absolute Gasteiger partial charge is 0.493 e. The Labute approximate surface area is 175 Å². The Balaban J connectivity index is 1.59. The van der Waals surface area contributed by atoms with Crippen molar-refractivity contribution in [1.29, 1.82) is 0 Å². The number of rotatable bonds is 5. The number of thioether (sulfide) groups is 1. The zero-order chi connectivity index (χ0) is 20.4. The quantitative estimate of drug-likeness (QED) is 0.376. The topological polar surface area (TPSA) is 94.0 Å². The van der Waals surface area contributed by atoms with Crippen molar-refractivity contribution in [1.82, 2.24) is 19.7 Å². The summed E-state index contributed by atoms with van der Waals surface area (Å²) < 4.78 is 7.10. The summed E-state index contributed by atoms with van der Waals surface area (Å²) in [4.78, 5) is 16.5. The van der Waals surface area contributed by atoms with Crippen molar-refractivity contribution in [3.8, 4) is 23.0 Å². The molecule has 0 amide bonds. The summed E-state index contributed by atoms with van der Waals surface area (Å²) in [5.74, 6) is 0.724. The van der Waals surface area contributed by atoms with Crippen LogP contribution in [0.25, 0.3) is 17.1 Å². The van der Waals surface area contributed by atoms with Crippen LogP contribution in [0.4, 0.5) is 0 Å². The summed E-state index contributed by atoms with van der Waals surface area (Å²) in [5, 5.41) is 18.8. The molecule has 0 bridgehead atoms. The van der Waals surface area contributed by atoms with Gasteiger partial charge in [-0.15, -0.1) is 10.2 Å². The molecular formula is C20H15ClN4O3S. The fraction of sp³-hybridized carbons (Fsp3) is 0.100. The van der Waals surface area contributed by atoms with Gasteiger partial charge in [0.1, 0.15) is 0 Å². The molecule has 0 fully saturated rings. The second kappa shape index (κ2) is 8.10. The first-order chi connectivity index (χ1) is 14.0. The van der Waals surface area contributed by atoms with E-state index in [-0.39, 0.29) is 11.6 Å². The first-order valence-electron chi connectivity index (χ1n) is 8.61. The van der Waals surface area contributed by atoms with Crippen LogP contribution in [0, 0.1) is 6.92 Å². The average Bonchev–Trinajstić information content (AvgIpc) is 3.17. The number of aromatic nitrogens is 4. The van der Waals surface area contributed by atoms with E-state index in [0.717, 1.165) is 17.2 Å². The van der Waals surface area contributed by atoms with Crippen LogP contribution in [0.1, 0.15) is 11.5 Å². The highest BCUT2D eigenvalue weighted by atomic mass is 35.5. The van der Waals surface area contributed by atoms with Crippen LogP contribution in [0.3, 0.4) is 0 Å². The van der Waals surface area contributed by atoms with E-state index in [1.165, 1.54) is 16.3 Å². The molecule has 4 rings (SSSR count). The maximum atomic E-state index is 12.4. The molecule has 0 saturated carbocycles. The molecular weight excluding hydrogens is 412 g/mol. The maximum absolute atomic E-state index is 12.4. The third-order valence-electron chi connectivity index (χ3n) is 4.05. The van der Waals surface area contributed by atoms with Crippen LogP contribution in [0.5, 0.6) is 5.88 Å². The first-order valence-corrected chi connectivity index (χ1v) is 9.97. The average molecular weight is 427 g/mol. The number of hydrogen-bond donors (Lipinski definition) is 1. The number of nitrogens with zero attached hydrogens (tertiary/aromatic N) is 4. The lowest BCUT2D eigenvalue weighted by molar-refractivity contribution is 0.440. The Hall–Kier alpha value is -3.10. The van der Waals surface area contributed by atoms with Gasteiger partial charge in [0.05, 0.1) is 17.5 Å². The van der Waals surface area contributed by atoms with Crippen molar-refractivity contribution >= 4 is 23.4 Å². The highest BCUT2D eigenvalue weighted by Crippen LogP contribution is 2.26. The monoisotopic (exact) mass is 426 g/mol. The third-order valence-corrected chi connectivity index (χ3v) is 5.22. The number of hydrogen-bond acceptors (Lipinski definition) is 7.